The molecule has 3 N–H and O–H groups in total. The first kappa shape index (κ1) is 25.2. The van der Waals surface area contributed by atoms with Gasteiger partial charge in [-0.3, -0.25) is 19.1 Å². The number of β-amino-alcohol motifs (C(OH)–C–C–N with tert-alkyl or cyclic N) is 1. The number of carbonyl (C=O) groups is 2. The van der Waals surface area contributed by atoms with Gasteiger partial charge in [0.15, 0.2) is 0 Å². The van der Waals surface area contributed by atoms with Crippen molar-refractivity contribution in [3.05, 3.63) is 33.0 Å². The number of aliphatic hydroxyl groups excluding tert-OH is 1. The number of hydroxylamine groups is 2. The molecule has 0 unspecified atom stereocenters. The molecule has 3 heterocycles. The van der Waals surface area contributed by atoms with Crippen LogP contribution >= 0.6 is 11.3 Å². The zero-order chi connectivity index (χ0) is 24.4. The number of aryl methyl sites for hydroxylation is 1. The lowest BCUT2D eigenvalue weighted by Crippen LogP contribution is -2.31. The molecule has 10 heteroatoms. The SMILES string of the molecule is CNC(=O)c1c(NCC(C)C)sc(Cc2c(C)nn(C(C)C)c2C)c1C(=O)N1C[C@H](O)CO1. The van der Waals surface area contributed by atoms with Gasteiger partial charge in [0.2, 0.25) is 0 Å². The Morgan fingerprint density at radius 3 is 2.45 bits per heavy atom. The Bertz CT molecular complexity index is 1030. The predicted octanol–water partition coefficient (Wildman–Crippen LogP) is 2.91. The van der Waals surface area contributed by atoms with Crippen LogP contribution < -0.4 is 10.6 Å². The lowest BCUT2D eigenvalue weighted by atomic mass is 10.0. The number of rotatable bonds is 8. The Balaban J connectivity index is 2.13. The Kier molecular flexibility index (Phi) is 7.81. The average molecular weight is 478 g/mol. The van der Waals surface area contributed by atoms with Gasteiger partial charge in [-0.05, 0) is 33.6 Å². The Hall–Kier alpha value is -2.43. The van der Waals surface area contributed by atoms with E-state index in [0.717, 1.165) is 26.9 Å². The predicted molar refractivity (Wildman–Crippen MR) is 129 cm³/mol. The molecule has 2 aromatic heterocycles. The topological polar surface area (TPSA) is 109 Å². The van der Waals surface area contributed by atoms with Crippen molar-refractivity contribution in [3.8, 4) is 0 Å². The quantitative estimate of drug-likeness (QED) is 0.540. The van der Waals surface area contributed by atoms with Crippen molar-refractivity contribution in [3.63, 3.8) is 0 Å². The van der Waals surface area contributed by atoms with Crippen LogP contribution in [0, 0.1) is 19.8 Å². The minimum Gasteiger partial charge on any atom is -0.389 e. The van der Waals surface area contributed by atoms with Crippen LogP contribution in [0.15, 0.2) is 0 Å². The maximum Gasteiger partial charge on any atom is 0.279 e. The van der Waals surface area contributed by atoms with Crippen LogP contribution in [0.25, 0.3) is 0 Å². The summed E-state index contributed by atoms with van der Waals surface area (Å²) in [5.41, 5.74) is 3.62. The van der Waals surface area contributed by atoms with Gasteiger partial charge in [0.05, 0.1) is 23.4 Å². The molecule has 0 aromatic carbocycles. The van der Waals surface area contributed by atoms with Gasteiger partial charge in [0.1, 0.15) is 17.7 Å². The van der Waals surface area contributed by atoms with E-state index in [1.54, 1.807) is 7.05 Å². The van der Waals surface area contributed by atoms with E-state index in [0.29, 0.717) is 35.0 Å². The second-order valence-electron chi connectivity index (χ2n) is 9.14. The standard InChI is InChI=1S/C23H35N5O4S/c1-12(2)9-25-22-20(21(30)24-7)19(23(31)27-10-16(29)11-32-27)18(33-22)8-17-14(5)26-28(13(3)4)15(17)6/h12-13,16,25,29H,8-11H2,1-7H3,(H,24,30)/t16-/m0/s1. The van der Waals surface area contributed by atoms with Crippen molar-refractivity contribution in [1.29, 1.82) is 0 Å². The average Bonchev–Trinajstić information content (AvgIpc) is 3.43. The van der Waals surface area contributed by atoms with Gasteiger partial charge < -0.3 is 15.7 Å². The van der Waals surface area contributed by atoms with Gasteiger partial charge >= 0.3 is 0 Å². The van der Waals surface area contributed by atoms with Crippen molar-refractivity contribution < 1.29 is 19.5 Å². The van der Waals surface area contributed by atoms with E-state index in [2.05, 4.69) is 43.4 Å². The Morgan fingerprint density at radius 2 is 1.94 bits per heavy atom. The summed E-state index contributed by atoms with van der Waals surface area (Å²) < 4.78 is 1.98. The van der Waals surface area contributed by atoms with Crippen molar-refractivity contribution >= 4 is 28.2 Å². The number of hydrogen-bond acceptors (Lipinski definition) is 7. The molecule has 9 nitrogen and oxygen atoms in total. The molecule has 182 valence electrons. The molecule has 0 spiro atoms. The molecular formula is C23H35N5O4S. The lowest BCUT2D eigenvalue weighted by molar-refractivity contribution is -0.0780. The van der Waals surface area contributed by atoms with E-state index in [1.807, 2.05) is 18.5 Å². The summed E-state index contributed by atoms with van der Waals surface area (Å²) in [6, 6.07) is 0.214. The lowest BCUT2D eigenvalue weighted by Gasteiger charge is -2.16. The number of hydrogen-bond donors (Lipinski definition) is 3. The molecule has 0 bridgehead atoms. The summed E-state index contributed by atoms with van der Waals surface area (Å²) in [6.07, 6.45) is -0.272. The van der Waals surface area contributed by atoms with Crippen LogP contribution in [0.5, 0.6) is 0 Å². The number of amides is 2. The second kappa shape index (κ2) is 10.2. The molecule has 2 aromatic rings. The monoisotopic (exact) mass is 477 g/mol. The zero-order valence-electron chi connectivity index (χ0n) is 20.5. The maximum absolute atomic E-state index is 13.5. The second-order valence-corrected chi connectivity index (χ2v) is 10.2. The van der Waals surface area contributed by atoms with Crippen LogP contribution in [0.2, 0.25) is 0 Å². The molecule has 1 aliphatic rings. The normalized spacial score (nSPS) is 16.2. The Labute approximate surface area is 199 Å². The fourth-order valence-electron chi connectivity index (χ4n) is 3.95. The van der Waals surface area contributed by atoms with E-state index >= 15 is 0 Å². The van der Waals surface area contributed by atoms with Crippen LogP contribution in [0.3, 0.4) is 0 Å². The third-order valence-corrected chi connectivity index (χ3v) is 6.79. The molecule has 2 amide bonds. The number of nitrogens with one attached hydrogen (secondary N) is 2. The fraction of sp³-hybridized carbons (Fsp3) is 0.609. The molecule has 3 rings (SSSR count). The minimum atomic E-state index is -0.744. The summed E-state index contributed by atoms with van der Waals surface area (Å²) in [4.78, 5) is 32.7. The number of thiophene rings is 1. The first-order valence-electron chi connectivity index (χ1n) is 11.3. The van der Waals surface area contributed by atoms with Crippen LogP contribution in [-0.4, -0.2) is 64.6 Å². The van der Waals surface area contributed by atoms with Crippen molar-refractivity contribution in [2.45, 2.75) is 60.1 Å². The molecule has 0 aliphatic carbocycles. The van der Waals surface area contributed by atoms with Gasteiger partial charge in [-0.25, -0.2) is 5.06 Å². The Morgan fingerprint density at radius 1 is 1.24 bits per heavy atom. The van der Waals surface area contributed by atoms with E-state index < -0.39 is 12.0 Å². The molecular weight excluding hydrogens is 442 g/mol. The van der Waals surface area contributed by atoms with Gasteiger partial charge in [0.25, 0.3) is 11.8 Å². The summed E-state index contributed by atoms with van der Waals surface area (Å²) in [5.74, 6) is -0.392. The maximum atomic E-state index is 13.5. The fourth-order valence-corrected chi connectivity index (χ4v) is 5.15. The van der Waals surface area contributed by atoms with Gasteiger partial charge in [-0.15, -0.1) is 11.3 Å². The number of carbonyl (C=O) groups excluding carboxylic acids is 2. The highest BCUT2D eigenvalue weighted by atomic mass is 32.1. The molecule has 1 atom stereocenters. The summed E-state index contributed by atoms with van der Waals surface area (Å²) in [5, 5.41) is 22.4. The number of aromatic nitrogens is 2. The smallest absolute Gasteiger partial charge is 0.279 e. The zero-order valence-corrected chi connectivity index (χ0v) is 21.3. The molecule has 0 radical (unpaired) electrons. The molecule has 33 heavy (non-hydrogen) atoms. The van der Waals surface area contributed by atoms with E-state index in [4.69, 9.17) is 4.84 Å². The minimum absolute atomic E-state index is 0.0539. The van der Waals surface area contributed by atoms with Crippen LogP contribution in [-0.2, 0) is 11.3 Å². The van der Waals surface area contributed by atoms with Gasteiger partial charge in [-0.2, -0.15) is 5.10 Å². The molecule has 0 saturated carbocycles. The van der Waals surface area contributed by atoms with Crippen molar-refractivity contribution in [2.24, 2.45) is 5.92 Å². The van der Waals surface area contributed by atoms with E-state index in [1.165, 1.54) is 11.3 Å². The van der Waals surface area contributed by atoms with Crippen molar-refractivity contribution in [1.82, 2.24) is 20.2 Å². The van der Waals surface area contributed by atoms with Crippen molar-refractivity contribution in [2.75, 3.05) is 32.1 Å². The first-order chi connectivity index (χ1) is 15.5. The third kappa shape index (κ3) is 5.23. The number of nitrogens with zero attached hydrogens (tertiary/aromatic N) is 3. The highest BCUT2D eigenvalue weighted by molar-refractivity contribution is 7.17. The largest absolute Gasteiger partial charge is 0.389 e. The molecule has 1 saturated heterocycles. The van der Waals surface area contributed by atoms with Crippen LogP contribution in [0.1, 0.15) is 76.3 Å². The van der Waals surface area contributed by atoms with E-state index in [9.17, 15) is 14.7 Å². The molecule has 1 aliphatic heterocycles. The van der Waals surface area contributed by atoms with Crippen LogP contribution in [0.4, 0.5) is 5.00 Å². The number of anilines is 1. The van der Waals surface area contributed by atoms with Gasteiger partial charge in [0, 0.05) is 42.2 Å². The first-order valence-corrected chi connectivity index (χ1v) is 12.2. The van der Waals surface area contributed by atoms with Gasteiger partial charge in [-0.1, -0.05) is 13.8 Å². The van der Waals surface area contributed by atoms with E-state index in [-0.39, 0.29) is 25.1 Å². The highest BCUT2D eigenvalue weighted by Crippen LogP contribution is 2.37. The summed E-state index contributed by atoms with van der Waals surface area (Å²) >= 11 is 1.42. The third-order valence-electron chi connectivity index (χ3n) is 5.65. The molecule has 1 fully saturated rings. The summed E-state index contributed by atoms with van der Waals surface area (Å²) in [7, 11) is 1.55. The number of aliphatic hydroxyl groups is 1. The summed E-state index contributed by atoms with van der Waals surface area (Å²) in [6.45, 7) is 13.1. The highest BCUT2D eigenvalue weighted by Gasteiger charge is 2.35.